The molecule has 0 saturated carbocycles. The Morgan fingerprint density at radius 1 is 1.60 bits per heavy atom. The van der Waals surface area contributed by atoms with Crippen molar-refractivity contribution in [3.8, 4) is 0 Å². The van der Waals surface area contributed by atoms with Crippen molar-refractivity contribution in [2.45, 2.75) is 0 Å². The molecule has 0 fully saturated rings. The summed E-state index contributed by atoms with van der Waals surface area (Å²) in [7, 11) is 0. The van der Waals surface area contributed by atoms with E-state index in [2.05, 4.69) is 26.5 Å². The number of nitrogens with one attached hydrogen (secondary N) is 2. The second-order valence-electron chi connectivity index (χ2n) is 2.45. The molecule has 1 aromatic rings. The lowest BCUT2D eigenvalue weighted by molar-refractivity contribution is 0.627. The van der Waals surface area contributed by atoms with Gasteiger partial charge in [-0.15, -0.1) is 12.4 Å². The molecule has 1 aromatic carbocycles. The molecule has 7 heteroatoms. The quantitative estimate of drug-likeness (QED) is 0.442. The summed E-state index contributed by atoms with van der Waals surface area (Å²) in [6, 6.07) is 4.22. The van der Waals surface area contributed by atoms with Gasteiger partial charge < -0.3 is 5.73 Å². The molecule has 0 atom stereocenters. The Labute approximate surface area is 101 Å². The van der Waals surface area contributed by atoms with Crippen LogP contribution in [-0.4, -0.2) is 12.2 Å². The van der Waals surface area contributed by atoms with Crippen molar-refractivity contribution in [2.24, 2.45) is 10.8 Å². The van der Waals surface area contributed by atoms with Crippen LogP contribution in [0.3, 0.4) is 0 Å². The number of hydrogen-bond donors (Lipinski definition) is 3. The molecular weight excluding hydrogens is 286 g/mol. The third kappa shape index (κ3) is 4.75. The predicted octanol–water partition coefficient (Wildman–Crippen LogP) is 1.83. The van der Waals surface area contributed by atoms with Crippen molar-refractivity contribution in [2.75, 3.05) is 0 Å². The number of hydrazone groups is 1. The second kappa shape index (κ2) is 6.36. The lowest BCUT2D eigenvalue weighted by Gasteiger charge is -1.98. The van der Waals surface area contributed by atoms with Crippen LogP contribution in [0.2, 0.25) is 0 Å². The van der Waals surface area contributed by atoms with Crippen molar-refractivity contribution in [3.63, 3.8) is 0 Å². The van der Waals surface area contributed by atoms with Crippen molar-refractivity contribution in [1.82, 2.24) is 5.43 Å². The van der Waals surface area contributed by atoms with Gasteiger partial charge in [-0.05, 0) is 18.2 Å². The van der Waals surface area contributed by atoms with Crippen LogP contribution in [0, 0.1) is 11.2 Å². The number of benzene rings is 1. The normalized spacial score (nSPS) is 9.73. The Balaban J connectivity index is 0.00000196. The van der Waals surface area contributed by atoms with Gasteiger partial charge in [-0.25, -0.2) is 9.82 Å². The monoisotopic (exact) mass is 294 g/mol. The molecule has 0 radical (unpaired) electrons. The molecule has 0 aliphatic heterocycles. The Morgan fingerprint density at radius 2 is 2.27 bits per heavy atom. The van der Waals surface area contributed by atoms with Gasteiger partial charge in [-0.3, -0.25) is 5.41 Å². The molecule has 15 heavy (non-hydrogen) atoms. The molecular formula is C8H9BrClFN4. The summed E-state index contributed by atoms with van der Waals surface area (Å²) in [5, 5.41) is 10.4. The minimum Gasteiger partial charge on any atom is -0.369 e. The molecule has 82 valence electrons. The van der Waals surface area contributed by atoms with Crippen LogP contribution in [-0.2, 0) is 0 Å². The van der Waals surface area contributed by atoms with Gasteiger partial charge in [-0.2, -0.15) is 5.10 Å². The van der Waals surface area contributed by atoms with Crippen LogP contribution in [0.5, 0.6) is 0 Å². The molecule has 0 aliphatic rings. The van der Waals surface area contributed by atoms with E-state index in [-0.39, 0.29) is 24.2 Å². The first-order valence-electron chi connectivity index (χ1n) is 3.68. The molecule has 0 aromatic heterocycles. The highest BCUT2D eigenvalue weighted by atomic mass is 79.9. The van der Waals surface area contributed by atoms with Gasteiger partial charge in [0.25, 0.3) is 0 Å². The van der Waals surface area contributed by atoms with Crippen LogP contribution < -0.4 is 11.2 Å². The molecule has 0 spiro atoms. The van der Waals surface area contributed by atoms with Gasteiger partial charge in [0.1, 0.15) is 5.82 Å². The van der Waals surface area contributed by atoms with Crippen LogP contribution >= 0.6 is 28.3 Å². The van der Waals surface area contributed by atoms with E-state index in [1.165, 1.54) is 18.3 Å². The zero-order valence-corrected chi connectivity index (χ0v) is 9.90. The lowest BCUT2D eigenvalue weighted by Crippen LogP contribution is -2.25. The third-order valence-electron chi connectivity index (χ3n) is 1.35. The third-order valence-corrected chi connectivity index (χ3v) is 2.07. The molecule has 0 unspecified atom stereocenters. The fraction of sp³-hybridized carbons (Fsp3) is 0. The standard InChI is InChI=1S/C8H8BrFN4.ClH/c9-7-2-1-6(10)3-5(7)4-13-14-8(11)12;/h1-4H,(H4,11,12,14);1H. The van der Waals surface area contributed by atoms with Crippen molar-refractivity contribution in [3.05, 3.63) is 34.1 Å². The lowest BCUT2D eigenvalue weighted by atomic mass is 10.2. The SMILES string of the molecule is Cl.N=C(N)NN=Cc1cc(F)ccc1Br. The predicted molar refractivity (Wildman–Crippen MR) is 64.0 cm³/mol. The van der Waals surface area contributed by atoms with Crippen LogP contribution in [0.1, 0.15) is 5.56 Å². The van der Waals surface area contributed by atoms with Gasteiger partial charge in [-0.1, -0.05) is 15.9 Å². The highest BCUT2D eigenvalue weighted by Gasteiger charge is 1.98. The maximum atomic E-state index is 12.8. The van der Waals surface area contributed by atoms with E-state index in [0.29, 0.717) is 10.0 Å². The van der Waals surface area contributed by atoms with E-state index >= 15 is 0 Å². The highest BCUT2D eigenvalue weighted by molar-refractivity contribution is 9.10. The second-order valence-corrected chi connectivity index (χ2v) is 3.30. The zero-order chi connectivity index (χ0) is 10.6. The molecule has 4 nitrogen and oxygen atoms in total. The van der Waals surface area contributed by atoms with E-state index in [1.54, 1.807) is 6.07 Å². The van der Waals surface area contributed by atoms with E-state index in [4.69, 9.17) is 11.1 Å². The highest BCUT2D eigenvalue weighted by Crippen LogP contribution is 2.15. The summed E-state index contributed by atoms with van der Waals surface area (Å²) >= 11 is 3.23. The number of nitrogens with zero attached hydrogens (tertiary/aromatic N) is 1. The van der Waals surface area contributed by atoms with Crippen LogP contribution in [0.25, 0.3) is 0 Å². The number of nitrogens with two attached hydrogens (primary N) is 1. The molecule has 0 bridgehead atoms. The summed E-state index contributed by atoms with van der Waals surface area (Å²) in [5.41, 5.74) is 7.79. The summed E-state index contributed by atoms with van der Waals surface area (Å²) in [5.74, 6) is -0.619. The molecule has 4 N–H and O–H groups in total. The van der Waals surface area contributed by atoms with Crippen LogP contribution in [0.15, 0.2) is 27.8 Å². The zero-order valence-electron chi connectivity index (χ0n) is 7.50. The maximum Gasteiger partial charge on any atom is 0.206 e. The largest absolute Gasteiger partial charge is 0.369 e. The van der Waals surface area contributed by atoms with E-state index in [0.717, 1.165) is 0 Å². The van der Waals surface area contributed by atoms with Gasteiger partial charge in [0, 0.05) is 10.0 Å². The molecule has 1 rings (SSSR count). The first-order valence-corrected chi connectivity index (χ1v) is 4.47. The molecule has 0 heterocycles. The Hall–Kier alpha value is -1.14. The van der Waals surface area contributed by atoms with E-state index in [1.807, 2.05) is 0 Å². The molecule has 0 saturated heterocycles. The van der Waals surface area contributed by atoms with Crippen molar-refractivity contribution >= 4 is 40.5 Å². The minimum atomic E-state index is -0.350. The Kier molecular flexibility index (Phi) is 5.88. The van der Waals surface area contributed by atoms with Gasteiger partial charge >= 0.3 is 0 Å². The molecule has 0 aliphatic carbocycles. The van der Waals surface area contributed by atoms with E-state index < -0.39 is 0 Å². The average Bonchev–Trinajstić information content (AvgIpc) is 2.10. The summed E-state index contributed by atoms with van der Waals surface area (Å²) < 4.78 is 13.5. The number of rotatable bonds is 2. The first-order chi connectivity index (χ1) is 6.59. The maximum absolute atomic E-state index is 12.8. The van der Waals surface area contributed by atoms with Crippen molar-refractivity contribution in [1.29, 1.82) is 5.41 Å². The topological polar surface area (TPSA) is 74.3 Å². The fourth-order valence-electron chi connectivity index (χ4n) is 0.785. The van der Waals surface area contributed by atoms with Gasteiger partial charge in [0.2, 0.25) is 5.96 Å². The smallest absolute Gasteiger partial charge is 0.206 e. The fourth-order valence-corrected chi connectivity index (χ4v) is 1.13. The van der Waals surface area contributed by atoms with Crippen molar-refractivity contribution < 1.29 is 4.39 Å². The Morgan fingerprint density at radius 3 is 2.87 bits per heavy atom. The number of halogens is 3. The van der Waals surface area contributed by atoms with Gasteiger partial charge in [0.15, 0.2) is 0 Å². The van der Waals surface area contributed by atoms with Crippen LogP contribution in [0.4, 0.5) is 4.39 Å². The van der Waals surface area contributed by atoms with Gasteiger partial charge in [0.05, 0.1) is 6.21 Å². The first kappa shape index (κ1) is 13.9. The number of guanidine groups is 1. The summed E-state index contributed by atoms with van der Waals surface area (Å²) in [4.78, 5) is 0. The summed E-state index contributed by atoms with van der Waals surface area (Å²) in [6.45, 7) is 0. The summed E-state index contributed by atoms with van der Waals surface area (Å²) in [6.07, 6.45) is 1.37. The Bertz CT molecular complexity index is 383. The minimum absolute atomic E-state index is 0. The number of hydrogen-bond acceptors (Lipinski definition) is 2. The molecule has 0 amide bonds. The van der Waals surface area contributed by atoms with E-state index in [9.17, 15) is 4.39 Å². The average molecular weight is 296 g/mol.